The number of aromatic nitrogens is 2. The number of para-hydroxylation sites is 1. The molecule has 0 spiro atoms. The van der Waals surface area contributed by atoms with Crippen LogP contribution in [0.2, 0.25) is 5.02 Å². The van der Waals surface area contributed by atoms with Gasteiger partial charge in [-0.2, -0.15) is 5.10 Å². The van der Waals surface area contributed by atoms with Crippen LogP contribution in [0.4, 0.5) is 0 Å². The van der Waals surface area contributed by atoms with Gasteiger partial charge >= 0.3 is 0 Å². The summed E-state index contributed by atoms with van der Waals surface area (Å²) in [4.78, 5) is 2.16. The summed E-state index contributed by atoms with van der Waals surface area (Å²) in [5.74, 6) is 0.795. The van der Waals surface area contributed by atoms with Crippen molar-refractivity contribution in [2.75, 3.05) is 26.2 Å². The molecule has 0 aliphatic carbocycles. The van der Waals surface area contributed by atoms with Gasteiger partial charge in [-0.15, -0.1) is 0 Å². The van der Waals surface area contributed by atoms with Crippen LogP contribution in [0.25, 0.3) is 11.3 Å². The lowest BCUT2D eigenvalue weighted by Gasteiger charge is -2.35. The topological polar surface area (TPSA) is 50.5 Å². The van der Waals surface area contributed by atoms with E-state index in [9.17, 15) is 5.11 Å². The monoisotopic (exact) mass is 307 g/mol. The van der Waals surface area contributed by atoms with E-state index in [2.05, 4.69) is 10.00 Å². The molecule has 1 aromatic carbocycles. The number of ether oxygens (including phenoxy) is 1. The van der Waals surface area contributed by atoms with E-state index >= 15 is 0 Å². The van der Waals surface area contributed by atoms with Crippen LogP contribution >= 0.6 is 11.6 Å². The van der Waals surface area contributed by atoms with Crippen molar-refractivity contribution in [1.82, 2.24) is 14.7 Å². The highest BCUT2D eigenvalue weighted by Gasteiger charge is 2.23. The first kappa shape index (κ1) is 14.4. The van der Waals surface area contributed by atoms with Crippen molar-refractivity contribution < 1.29 is 9.84 Å². The lowest BCUT2D eigenvalue weighted by molar-refractivity contribution is -0.00384. The van der Waals surface area contributed by atoms with E-state index in [4.69, 9.17) is 16.3 Å². The fourth-order valence-corrected chi connectivity index (χ4v) is 2.78. The van der Waals surface area contributed by atoms with E-state index in [-0.39, 0.29) is 6.10 Å². The Morgan fingerprint density at radius 1 is 1.38 bits per heavy atom. The normalized spacial score (nSPS) is 16.0. The minimum atomic E-state index is -0.175. The summed E-state index contributed by atoms with van der Waals surface area (Å²) < 4.78 is 7.64. The van der Waals surface area contributed by atoms with Crippen molar-refractivity contribution in [3.8, 4) is 17.0 Å². The Bertz CT molecular complexity index is 604. The molecule has 0 unspecified atom stereocenters. The number of aryl methyl sites for hydroxylation is 1. The Morgan fingerprint density at radius 2 is 2.14 bits per heavy atom. The van der Waals surface area contributed by atoms with Crippen molar-refractivity contribution >= 4 is 11.6 Å². The molecule has 0 radical (unpaired) electrons. The molecule has 1 aliphatic heterocycles. The molecular formula is C15H18ClN3O2. The summed E-state index contributed by atoms with van der Waals surface area (Å²) in [6, 6.07) is 7.81. The molecule has 0 bridgehead atoms. The van der Waals surface area contributed by atoms with E-state index in [0.717, 1.165) is 36.6 Å². The van der Waals surface area contributed by atoms with Gasteiger partial charge in [0.25, 0.3) is 0 Å². The zero-order valence-electron chi connectivity index (χ0n) is 11.9. The van der Waals surface area contributed by atoms with Gasteiger partial charge in [0.2, 0.25) is 0 Å². The molecule has 6 heteroatoms. The van der Waals surface area contributed by atoms with Gasteiger partial charge in [0.05, 0.1) is 23.0 Å². The zero-order chi connectivity index (χ0) is 14.8. The molecular weight excluding hydrogens is 290 g/mol. The standard InChI is InChI=1S/C15H18ClN3O2/c1-18-15(13(16)8-17-18)12-4-2-3-5-14(12)21-7-6-19-9-11(20)10-19/h2-5,8,11,20H,6-7,9-10H2,1H3. The predicted octanol–water partition coefficient (Wildman–Crippen LogP) is 1.80. The maximum atomic E-state index is 9.26. The first-order chi connectivity index (χ1) is 10.1. The number of hydrogen-bond acceptors (Lipinski definition) is 4. The number of halogens is 1. The van der Waals surface area contributed by atoms with Gasteiger partial charge in [-0.25, -0.2) is 0 Å². The number of aliphatic hydroxyl groups excluding tert-OH is 1. The number of benzene rings is 1. The summed E-state index contributed by atoms with van der Waals surface area (Å²) >= 11 is 6.21. The molecule has 21 heavy (non-hydrogen) atoms. The van der Waals surface area contributed by atoms with Gasteiger partial charge in [-0.3, -0.25) is 9.58 Å². The summed E-state index contributed by atoms with van der Waals surface area (Å²) in [6.07, 6.45) is 1.46. The van der Waals surface area contributed by atoms with Crippen LogP contribution in [0, 0.1) is 0 Å². The van der Waals surface area contributed by atoms with Gasteiger partial charge in [0, 0.05) is 32.2 Å². The summed E-state index contributed by atoms with van der Waals surface area (Å²) in [5, 5.41) is 14.0. The molecule has 1 aliphatic rings. The molecule has 0 amide bonds. The quantitative estimate of drug-likeness (QED) is 0.915. The second kappa shape index (κ2) is 6.05. The fraction of sp³-hybridized carbons (Fsp3) is 0.400. The third kappa shape index (κ3) is 3.05. The zero-order valence-corrected chi connectivity index (χ0v) is 12.6. The van der Waals surface area contributed by atoms with E-state index < -0.39 is 0 Å². The lowest BCUT2D eigenvalue weighted by atomic mass is 10.1. The number of rotatable bonds is 5. The molecule has 2 aromatic rings. The van der Waals surface area contributed by atoms with Crippen molar-refractivity contribution in [3.63, 3.8) is 0 Å². The number of nitrogens with zero attached hydrogens (tertiary/aromatic N) is 3. The fourth-order valence-electron chi connectivity index (χ4n) is 2.51. The highest BCUT2D eigenvalue weighted by molar-refractivity contribution is 6.33. The van der Waals surface area contributed by atoms with Crippen LogP contribution < -0.4 is 4.74 Å². The van der Waals surface area contributed by atoms with Crippen molar-refractivity contribution in [2.45, 2.75) is 6.10 Å². The highest BCUT2D eigenvalue weighted by atomic mass is 35.5. The van der Waals surface area contributed by atoms with Gasteiger partial charge in [-0.1, -0.05) is 23.7 Å². The van der Waals surface area contributed by atoms with Crippen LogP contribution in [0.1, 0.15) is 0 Å². The van der Waals surface area contributed by atoms with E-state index in [1.165, 1.54) is 0 Å². The van der Waals surface area contributed by atoms with Crippen LogP contribution in [-0.4, -0.2) is 52.1 Å². The second-order valence-electron chi connectivity index (χ2n) is 5.22. The van der Waals surface area contributed by atoms with Crippen LogP contribution in [0.3, 0.4) is 0 Å². The minimum Gasteiger partial charge on any atom is -0.492 e. The first-order valence-corrected chi connectivity index (χ1v) is 7.33. The smallest absolute Gasteiger partial charge is 0.128 e. The molecule has 0 atom stereocenters. The molecule has 1 saturated heterocycles. The number of β-amino-alcohol motifs (C(OH)–C–C–N with tert-alkyl or cyclic N) is 1. The number of likely N-dealkylation sites (tertiary alicyclic amines) is 1. The molecule has 1 aromatic heterocycles. The van der Waals surface area contributed by atoms with Gasteiger partial charge in [0.1, 0.15) is 12.4 Å². The van der Waals surface area contributed by atoms with Crippen molar-refractivity contribution in [2.24, 2.45) is 7.05 Å². The van der Waals surface area contributed by atoms with Crippen molar-refractivity contribution in [1.29, 1.82) is 0 Å². The highest BCUT2D eigenvalue weighted by Crippen LogP contribution is 2.34. The average Bonchev–Trinajstić information content (AvgIpc) is 2.77. The van der Waals surface area contributed by atoms with E-state index in [0.29, 0.717) is 11.6 Å². The van der Waals surface area contributed by atoms with Gasteiger partial charge < -0.3 is 9.84 Å². The Balaban J connectivity index is 1.71. The maximum Gasteiger partial charge on any atom is 0.128 e. The SMILES string of the molecule is Cn1ncc(Cl)c1-c1ccccc1OCCN1CC(O)C1. The summed E-state index contributed by atoms with van der Waals surface area (Å²) in [6.45, 7) is 2.86. The lowest BCUT2D eigenvalue weighted by Crippen LogP contribution is -2.51. The third-order valence-corrected chi connectivity index (χ3v) is 3.92. The van der Waals surface area contributed by atoms with Gasteiger partial charge in [-0.05, 0) is 12.1 Å². The number of hydrogen-bond donors (Lipinski definition) is 1. The Hall–Kier alpha value is -1.56. The minimum absolute atomic E-state index is 0.175. The predicted molar refractivity (Wildman–Crippen MR) is 81.6 cm³/mol. The Labute approximate surface area is 128 Å². The maximum absolute atomic E-state index is 9.26. The third-order valence-electron chi connectivity index (χ3n) is 3.64. The molecule has 5 nitrogen and oxygen atoms in total. The molecule has 3 rings (SSSR count). The molecule has 0 saturated carbocycles. The molecule has 1 N–H and O–H groups in total. The van der Waals surface area contributed by atoms with E-state index in [1.807, 2.05) is 31.3 Å². The molecule has 1 fully saturated rings. The molecule has 112 valence electrons. The Kier molecular flexibility index (Phi) is 4.14. The summed E-state index contributed by atoms with van der Waals surface area (Å²) in [7, 11) is 1.86. The van der Waals surface area contributed by atoms with Crippen LogP contribution in [-0.2, 0) is 7.05 Å². The van der Waals surface area contributed by atoms with Crippen LogP contribution in [0.5, 0.6) is 5.75 Å². The number of aliphatic hydroxyl groups is 1. The first-order valence-electron chi connectivity index (χ1n) is 6.95. The summed E-state index contributed by atoms with van der Waals surface area (Å²) in [5.41, 5.74) is 1.79. The van der Waals surface area contributed by atoms with E-state index in [1.54, 1.807) is 10.9 Å². The Morgan fingerprint density at radius 3 is 2.81 bits per heavy atom. The van der Waals surface area contributed by atoms with Crippen molar-refractivity contribution in [3.05, 3.63) is 35.5 Å². The second-order valence-corrected chi connectivity index (χ2v) is 5.63. The van der Waals surface area contributed by atoms with Crippen LogP contribution in [0.15, 0.2) is 30.5 Å². The largest absolute Gasteiger partial charge is 0.492 e. The molecule has 2 heterocycles. The average molecular weight is 308 g/mol. The van der Waals surface area contributed by atoms with Gasteiger partial charge in [0.15, 0.2) is 0 Å².